The van der Waals surface area contributed by atoms with Gasteiger partial charge >= 0.3 is 18.4 Å². The van der Waals surface area contributed by atoms with Crippen molar-refractivity contribution in [1.29, 1.82) is 0 Å². The average molecular weight is 525 g/mol. The highest BCUT2D eigenvalue weighted by Crippen LogP contribution is 2.33. The van der Waals surface area contributed by atoms with Crippen molar-refractivity contribution in [3.8, 4) is 0 Å². The third kappa shape index (κ3) is 7.21. The van der Waals surface area contributed by atoms with E-state index in [9.17, 15) is 35.9 Å². The van der Waals surface area contributed by atoms with Crippen LogP contribution in [-0.4, -0.2) is 61.2 Å². The van der Waals surface area contributed by atoms with Gasteiger partial charge in [0.15, 0.2) is 0 Å². The van der Waals surface area contributed by atoms with Crippen LogP contribution in [0.15, 0.2) is 36.5 Å². The standard InChI is InChI=1S/C21H19ClF6N4O3/c22-16-11-15(21(26,27)28)12-29-17(16)32-7-5-31(6-8-32)9-10-35-19(34)30-18(33)13-1-3-14(4-2-13)20(23,24)25/h1-4,11-12H,5-10H2,(H,30,33,34). The van der Waals surface area contributed by atoms with Crippen LogP contribution in [0.25, 0.3) is 0 Å². The Kier molecular flexibility index (Phi) is 8.11. The van der Waals surface area contributed by atoms with E-state index < -0.39 is 35.5 Å². The lowest BCUT2D eigenvalue weighted by molar-refractivity contribution is -0.138. The van der Waals surface area contributed by atoms with Crippen LogP contribution in [0.2, 0.25) is 5.02 Å². The van der Waals surface area contributed by atoms with Gasteiger partial charge in [-0.05, 0) is 30.3 Å². The number of anilines is 1. The first-order chi connectivity index (χ1) is 16.3. The van der Waals surface area contributed by atoms with Crippen molar-refractivity contribution in [2.45, 2.75) is 12.4 Å². The summed E-state index contributed by atoms with van der Waals surface area (Å²) >= 11 is 5.98. The molecule has 0 aliphatic carbocycles. The van der Waals surface area contributed by atoms with E-state index in [-0.39, 0.29) is 23.0 Å². The molecule has 1 aliphatic rings. The fourth-order valence-electron chi connectivity index (χ4n) is 3.28. The summed E-state index contributed by atoms with van der Waals surface area (Å²) in [6, 6.07) is 4.18. The van der Waals surface area contributed by atoms with Gasteiger partial charge in [0.2, 0.25) is 0 Å². The fourth-order valence-corrected chi connectivity index (χ4v) is 3.57. The zero-order valence-electron chi connectivity index (χ0n) is 17.9. The lowest BCUT2D eigenvalue weighted by Gasteiger charge is -2.35. The van der Waals surface area contributed by atoms with Crippen LogP contribution >= 0.6 is 11.6 Å². The van der Waals surface area contributed by atoms with E-state index in [0.717, 1.165) is 36.5 Å². The van der Waals surface area contributed by atoms with E-state index in [1.165, 1.54) is 0 Å². The topological polar surface area (TPSA) is 74.8 Å². The summed E-state index contributed by atoms with van der Waals surface area (Å²) in [5.41, 5.74) is -1.99. The van der Waals surface area contributed by atoms with Gasteiger partial charge in [-0.1, -0.05) is 11.6 Å². The molecule has 1 aromatic heterocycles. The maximum atomic E-state index is 12.8. The summed E-state index contributed by atoms with van der Waals surface area (Å²) in [6.45, 7) is 2.10. The minimum absolute atomic E-state index is 0.0641. The predicted octanol–water partition coefficient (Wildman–Crippen LogP) is 4.46. The number of pyridine rings is 1. The SMILES string of the molecule is O=C(NC(=O)c1ccc(C(F)(F)F)cc1)OCCN1CCN(c2ncc(C(F)(F)F)cc2Cl)CC1. The Labute approximate surface area is 200 Å². The van der Waals surface area contributed by atoms with Gasteiger partial charge in [0.1, 0.15) is 12.4 Å². The molecule has 0 bridgehead atoms. The highest BCUT2D eigenvalue weighted by atomic mass is 35.5. The maximum absolute atomic E-state index is 12.8. The number of benzene rings is 1. The molecule has 2 heterocycles. The monoisotopic (exact) mass is 524 g/mol. The molecule has 0 atom stereocenters. The number of aromatic nitrogens is 1. The molecule has 7 nitrogen and oxygen atoms in total. The molecule has 1 aliphatic heterocycles. The molecule has 0 radical (unpaired) electrons. The largest absolute Gasteiger partial charge is 0.448 e. The Morgan fingerprint density at radius 1 is 0.971 bits per heavy atom. The van der Waals surface area contributed by atoms with Gasteiger partial charge in [-0.15, -0.1) is 0 Å². The van der Waals surface area contributed by atoms with E-state index >= 15 is 0 Å². The maximum Gasteiger partial charge on any atom is 0.417 e. The summed E-state index contributed by atoms with van der Waals surface area (Å²) in [5, 5.41) is 1.83. The molecular weight excluding hydrogens is 506 g/mol. The number of hydrogen-bond donors (Lipinski definition) is 1. The quantitative estimate of drug-likeness (QED) is 0.582. The Bertz CT molecular complexity index is 1050. The molecule has 14 heteroatoms. The molecule has 2 aromatic rings. The molecule has 0 spiro atoms. The first kappa shape index (κ1) is 26.5. The third-order valence-electron chi connectivity index (χ3n) is 5.15. The van der Waals surface area contributed by atoms with Crippen molar-refractivity contribution in [2.24, 2.45) is 0 Å². The van der Waals surface area contributed by atoms with Gasteiger partial charge in [-0.2, -0.15) is 26.3 Å². The van der Waals surface area contributed by atoms with Crippen molar-refractivity contribution in [3.05, 3.63) is 58.2 Å². The zero-order chi connectivity index (χ0) is 25.8. The smallest absolute Gasteiger partial charge is 0.417 e. The summed E-state index contributed by atoms with van der Waals surface area (Å²) in [7, 11) is 0. The number of amides is 2. The number of carbonyl (C=O) groups is 2. The van der Waals surface area contributed by atoms with Crippen LogP contribution in [0, 0.1) is 0 Å². The third-order valence-corrected chi connectivity index (χ3v) is 5.43. The van der Waals surface area contributed by atoms with Crippen molar-refractivity contribution < 1.29 is 40.7 Å². The van der Waals surface area contributed by atoms with E-state index in [1.807, 2.05) is 10.2 Å². The average Bonchev–Trinajstić information content (AvgIpc) is 2.78. The Morgan fingerprint density at radius 3 is 2.11 bits per heavy atom. The second-order valence-electron chi connectivity index (χ2n) is 7.52. The highest BCUT2D eigenvalue weighted by molar-refractivity contribution is 6.33. The summed E-state index contributed by atoms with van der Waals surface area (Å²) in [4.78, 5) is 31.3. The number of nitrogens with one attached hydrogen (secondary N) is 1. The van der Waals surface area contributed by atoms with Crippen LogP contribution < -0.4 is 10.2 Å². The molecule has 35 heavy (non-hydrogen) atoms. The molecule has 1 aromatic carbocycles. The number of alkyl carbamates (subject to hydrolysis) is 1. The van der Waals surface area contributed by atoms with Crippen molar-refractivity contribution in [1.82, 2.24) is 15.2 Å². The van der Waals surface area contributed by atoms with E-state index in [4.69, 9.17) is 16.3 Å². The number of halogens is 7. The van der Waals surface area contributed by atoms with E-state index in [0.29, 0.717) is 32.7 Å². The number of rotatable bonds is 5. The molecule has 1 fully saturated rings. The van der Waals surface area contributed by atoms with Crippen molar-refractivity contribution in [2.75, 3.05) is 44.2 Å². The summed E-state index contributed by atoms with van der Waals surface area (Å²) < 4.78 is 81.0. The van der Waals surface area contributed by atoms with Gasteiger partial charge in [0, 0.05) is 44.5 Å². The Balaban J connectivity index is 1.40. The predicted molar refractivity (Wildman–Crippen MR) is 113 cm³/mol. The second kappa shape index (κ2) is 10.7. The number of piperazine rings is 1. The number of hydrogen-bond acceptors (Lipinski definition) is 6. The van der Waals surface area contributed by atoms with E-state index in [1.54, 1.807) is 4.90 Å². The van der Waals surface area contributed by atoms with Crippen LogP contribution in [-0.2, 0) is 17.1 Å². The summed E-state index contributed by atoms with van der Waals surface area (Å²) in [5.74, 6) is -0.657. The lowest BCUT2D eigenvalue weighted by atomic mass is 10.1. The van der Waals surface area contributed by atoms with Gasteiger partial charge in [0.25, 0.3) is 5.91 Å². The first-order valence-electron chi connectivity index (χ1n) is 10.2. The van der Waals surface area contributed by atoms with Crippen LogP contribution in [0.4, 0.5) is 37.0 Å². The van der Waals surface area contributed by atoms with Crippen molar-refractivity contribution in [3.63, 3.8) is 0 Å². The van der Waals surface area contributed by atoms with Crippen LogP contribution in [0.3, 0.4) is 0 Å². The Morgan fingerprint density at radius 2 is 1.57 bits per heavy atom. The zero-order valence-corrected chi connectivity index (χ0v) is 18.7. The fraction of sp³-hybridized carbons (Fsp3) is 0.381. The number of carbonyl (C=O) groups excluding carboxylic acids is 2. The first-order valence-corrected chi connectivity index (χ1v) is 10.6. The van der Waals surface area contributed by atoms with Crippen LogP contribution in [0.1, 0.15) is 21.5 Å². The van der Waals surface area contributed by atoms with Crippen molar-refractivity contribution >= 4 is 29.4 Å². The van der Waals surface area contributed by atoms with Gasteiger partial charge in [-0.25, -0.2) is 9.78 Å². The normalized spacial score (nSPS) is 15.1. The molecule has 3 rings (SSSR count). The highest BCUT2D eigenvalue weighted by Gasteiger charge is 2.32. The molecule has 190 valence electrons. The molecule has 0 saturated carbocycles. The lowest BCUT2D eigenvalue weighted by Crippen LogP contribution is -2.48. The number of alkyl halides is 6. The number of ether oxygens (including phenoxy) is 1. The Hall–Kier alpha value is -3.06. The molecule has 0 unspecified atom stereocenters. The number of nitrogens with zero attached hydrogens (tertiary/aromatic N) is 3. The molecule has 1 saturated heterocycles. The molecular formula is C21H19ClF6N4O3. The van der Waals surface area contributed by atoms with Gasteiger partial charge < -0.3 is 9.64 Å². The van der Waals surface area contributed by atoms with Crippen LogP contribution in [0.5, 0.6) is 0 Å². The summed E-state index contributed by atoms with van der Waals surface area (Å²) in [6.07, 6.45) is -9.40. The van der Waals surface area contributed by atoms with Gasteiger partial charge in [-0.3, -0.25) is 15.0 Å². The van der Waals surface area contributed by atoms with E-state index in [2.05, 4.69) is 4.98 Å². The second-order valence-corrected chi connectivity index (χ2v) is 7.93. The minimum Gasteiger partial charge on any atom is -0.448 e. The minimum atomic E-state index is -4.54. The molecule has 2 amide bonds. The molecule has 1 N–H and O–H groups in total. The number of imide groups is 1. The van der Waals surface area contributed by atoms with Gasteiger partial charge in [0.05, 0.1) is 16.1 Å².